The first-order valence-electron chi connectivity index (χ1n) is 5.89. The van der Waals surface area contributed by atoms with Gasteiger partial charge in [0.05, 0.1) is 18.2 Å². The van der Waals surface area contributed by atoms with Crippen molar-refractivity contribution in [2.75, 3.05) is 13.7 Å². The van der Waals surface area contributed by atoms with Crippen molar-refractivity contribution in [2.45, 2.75) is 31.8 Å². The fraction of sp³-hybridized carbons (Fsp3) is 0.538. The first-order chi connectivity index (χ1) is 8.15. The summed E-state index contributed by atoms with van der Waals surface area (Å²) in [6.07, 6.45) is 2.50. The number of rotatable bonds is 5. The molecule has 0 aromatic heterocycles. The molecular formula is C13H18ClNO2. The van der Waals surface area contributed by atoms with E-state index in [1.807, 2.05) is 12.1 Å². The number of nitrogens with two attached hydrogens (primary N) is 1. The molecule has 1 aromatic rings. The van der Waals surface area contributed by atoms with Gasteiger partial charge >= 0.3 is 0 Å². The van der Waals surface area contributed by atoms with Crippen LogP contribution in [0.1, 0.15) is 31.2 Å². The van der Waals surface area contributed by atoms with Gasteiger partial charge in [-0.15, -0.1) is 0 Å². The molecule has 94 valence electrons. The fourth-order valence-corrected chi connectivity index (χ4v) is 1.89. The molecule has 0 bridgehead atoms. The Morgan fingerprint density at radius 2 is 2.18 bits per heavy atom. The number of benzene rings is 1. The maximum atomic E-state index is 6.24. The van der Waals surface area contributed by atoms with E-state index in [0.717, 1.165) is 18.4 Å². The molecule has 0 heterocycles. The van der Waals surface area contributed by atoms with Crippen molar-refractivity contribution in [1.82, 2.24) is 0 Å². The van der Waals surface area contributed by atoms with Gasteiger partial charge in [0.25, 0.3) is 0 Å². The highest BCUT2D eigenvalue weighted by Crippen LogP contribution is 2.41. The number of hydrogen-bond donors (Lipinski definition) is 1. The van der Waals surface area contributed by atoms with E-state index < -0.39 is 0 Å². The molecule has 1 atom stereocenters. The van der Waals surface area contributed by atoms with Crippen molar-refractivity contribution < 1.29 is 9.47 Å². The van der Waals surface area contributed by atoms with Crippen LogP contribution in [0.3, 0.4) is 0 Å². The number of methoxy groups -OCH3 is 1. The van der Waals surface area contributed by atoms with Crippen LogP contribution in [-0.4, -0.2) is 19.8 Å². The second kappa shape index (κ2) is 5.15. The Labute approximate surface area is 107 Å². The Hall–Kier alpha value is -0.930. The zero-order valence-electron chi connectivity index (χ0n) is 10.2. The Kier molecular flexibility index (Phi) is 3.79. The van der Waals surface area contributed by atoms with Gasteiger partial charge in [-0.05, 0) is 43.0 Å². The molecule has 1 saturated carbocycles. The second-order valence-corrected chi connectivity index (χ2v) is 4.90. The van der Waals surface area contributed by atoms with Crippen molar-refractivity contribution in [2.24, 2.45) is 5.73 Å². The van der Waals surface area contributed by atoms with E-state index in [4.69, 9.17) is 26.8 Å². The van der Waals surface area contributed by atoms with E-state index in [-0.39, 0.29) is 5.92 Å². The summed E-state index contributed by atoms with van der Waals surface area (Å²) in [6.45, 7) is 2.65. The molecule has 1 aromatic carbocycles. The molecule has 2 N–H and O–H groups in total. The predicted molar refractivity (Wildman–Crippen MR) is 69.1 cm³/mol. The maximum absolute atomic E-state index is 6.24. The van der Waals surface area contributed by atoms with Crippen LogP contribution in [0.25, 0.3) is 0 Å². The molecule has 2 rings (SSSR count). The zero-order valence-corrected chi connectivity index (χ0v) is 11.0. The molecule has 0 saturated heterocycles. The molecule has 1 fully saturated rings. The average Bonchev–Trinajstić information content (AvgIpc) is 3.14. The third-order valence-corrected chi connectivity index (χ3v) is 3.26. The van der Waals surface area contributed by atoms with Gasteiger partial charge in [-0.1, -0.05) is 18.5 Å². The number of ether oxygens (including phenoxy) is 2. The van der Waals surface area contributed by atoms with Crippen molar-refractivity contribution in [3.05, 3.63) is 22.7 Å². The molecule has 1 aliphatic rings. The minimum atomic E-state index is 0.261. The van der Waals surface area contributed by atoms with Crippen LogP contribution in [0, 0.1) is 0 Å². The monoisotopic (exact) mass is 255 g/mol. The standard InChI is InChI=1S/C13H18ClNO2/c1-8(7-15)9-5-11(14)13(12(6-9)16-2)17-10-3-4-10/h5-6,8,10H,3-4,7,15H2,1-2H3. The van der Waals surface area contributed by atoms with Gasteiger partial charge < -0.3 is 15.2 Å². The fourth-order valence-electron chi connectivity index (χ4n) is 1.63. The van der Waals surface area contributed by atoms with E-state index in [1.54, 1.807) is 7.11 Å². The quantitative estimate of drug-likeness (QED) is 0.880. The Morgan fingerprint density at radius 1 is 1.47 bits per heavy atom. The predicted octanol–water partition coefficient (Wildman–Crippen LogP) is 2.95. The van der Waals surface area contributed by atoms with Crippen LogP contribution >= 0.6 is 11.6 Å². The van der Waals surface area contributed by atoms with Crippen LogP contribution in [0.15, 0.2) is 12.1 Å². The zero-order chi connectivity index (χ0) is 12.4. The molecular weight excluding hydrogens is 238 g/mol. The Bertz CT molecular complexity index is 405. The summed E-state index contributed by atoms with van der Waals surface area (Å²) in [5.74, 6) is 1.61. The van der Waals surface area contributed by atoms with Crippen molar-refractivity contribution in [3.63, 3.8) is 0 Å². The lowest BCUT2D eigenvalue weighted by atomic mass is 10.0. The summed E-state index contributed by atoms with van der Waals surface area (Å²) in [4.78, 5) is 0. The number of halogens is 1. The molecule has 0 aliphatic heterocycles. The third kappa shape index (κ3) is 2.85. The van der Waals surface area contributed by atoms with Gasteiger partial charge in [-0.2, -0.15) is 0 Å². The summed E-state index contributed by atoms with van der Waals surface area (Å²) in [6, 6.07) is 3.88. The van der Waals surface area contributed by atoms with E-state index in [1.165, 1.54) is 0 Å². The largest absolute Gasteiger partial charge is 0.493 e. The SMILES string of the molecule is COc1cc(C(C)CN)cc(Cl)c1OC1CC1. The van der Waals surface area contributed by atoms with Gasteiger partial charge in [-0.3, -0.25) is 0 Å². The normalized spacial score (nSPS) is 16.7. The van der Waals surface area contributed by atoms with E-state index in [2.05, 4.69) is 6.92 Å². The maximum Gasteiger partial charge on any atom is 0.180 e. The lowest BCUT2D eigenvalue weighted by Crippen LogP contribution is -2.09. The third-order valence-electron chi connectivity index (χ3n) is 2.98. The molecule has 0 radical (unpaired) electrons. The molecule has 4 heteroatoms. The van der Waals surface area contributed by atoms with E-state index in [9.17, 15) is 0 Å². The van der Waals surface area contributed by atoms with Crippen molar-refractivity contribution >= 4 is 11.6 Å². The molecule has 17 heavy (non-hydrogen) atoms. The van der Waals surface area contributed by atoms with Gasteiger partial charge in [-0.25, -0.2) is 0 Å². The summed E-state index contributed by atoms with van der Waals surface area (Å²) in [5, 5.41) is 0.603. The minimum Gasteiger partial charge on any atom is -0.493 e. The summed E-state index contributed by atoms with van der Waals surface area (Å²) < 4.78 is 11.1. The van der Waals surface area contributed by atoms with Gasteiger partial charge in [0.2, 0.25) is 0 Å². The highest BCUT2D eigenvalue weighted by atomic mass is 35.5. The van der Waals surface area contributed by atoms with Gasteiger partial charge in [0.15, 0.2) is 11.5 Å². The first-order valence-corrected chi connectivity index (χ1v) is 6.27. The lowest BCUT2D eigenvalue weighted by molar-refractivity contribution is 0.282. The van der Waals surface area contributed by atoms with E-state index in [0.29, 0.717) is 29.2 Å². The lowest BCUT2D eigenvalue weighted by Gasteiger charge is -2.16. The van der Waals surface area contributed by atoms with Gasteiger partial charge in [0, 0.05) is 0 Å². The minimum absolute atomic E-state index is 0.261. The van der Waals surface area contributed by atoms with Crippen LogP contribution in [-0.2, 0) is 0 Å². The Balaban J connectivity index is 2.31. The molecule has 3 nitrogen and oxygen atoms in total. The van der Waals surface area contributed by atoms with Crippen LogP contribution in [0.4, 0.5) is 0 Å². The average molecular weight is 256 g/mol. The smallest absolute Gasteiger partial charge is 0.180 e. The molecule has 1 unspecified atom stereocenters. The Morgan fingerprint density at radius 3 is 2.71 bits per heavy atom. The summed E-state index contributed by atoms with van der Waals surface area (Å²) in [5.41, 5.74) is 6.74. The van der Waals surface area contributed by atoms with Crippen LogP contribution in [0.2, 0.25) is 5.02 Å². The van der Waals surface area contributed by atoms with Crippen molar-refractivity contribution in [1.29, 1.82) is 0 Å². The van der Waals surface area contributed by atoms with E-state index >= 15 is 0 Å². The van der Waals surface area contributed by atoms with Crippen molar-refractivity contribution in [3.8, 4) is 11.5 Å². The first kappa shape index (κ1) is 12.5. The molecule has 1 aliphatic carbocycles. The molecule has 0 amide bonds. The van der Waals surface area contributed by atoms with Gasteiger partial charge in [0.1, 0.15) is 0 Å². The second-order valence-electron chi connectivity index (χ2n) is 4.49. The number of hydrogen-bond acceptors (Lipinski definition) is 3. The summed E-state index contributed by atoms with van der Waals surface area (Å²) in [7, 11) is 1.63. The highest BCUT2D eigenvalue weighted by Gasteiger charge is 2.26. The van der Waals surface area contributed by atoms with Crippen LogP contribution in [0.5, 0.6) is 11.5 Å². The highest BCUT2D eigenvalue weighted by molar-refractivity contribution is 6.32. The topological polar surface area (TPSA) is 44.5 Å². The molecule has 0 spiro atoms. The summed E-state index contributed by atoms with van der Waals surface area (Å²) >= 11 is 6.24. The van der Waals surface area contributed by atoms with Crippen LogP contribution < -0.4 is 15.2 Å².